The molecule has 3 unspecified atom stereocenters. The molecule has 1 aromatic carbocycles. The molecule has 0 heterocycles. The molecular formula is C15H21BrClN. The highest BCUT2D eigenvalue weighted by molar-refractivity contribution is 9.10. The normalized spacial score (nSPS) is 26.0. The van der Waals surface area contributed by atoms with Gasteiger partial charge in [-0.1, -0.05) is 37.4 Å². The highest BCUT2D eigenvalue weighted by Crippen LogP contribution is 2.38. The summed E-state index contributed by atoms with van der Waals surface area (Å²) in [5, 5.41) is 4.28. The quantitative estimate of drug-likeness (QED) is 0.804. The third-order valence-corrected chi connectivity index (χ3v) is 5.29. The van der Waals surface area contributed by atoms with E-state index in [0.29, 0.717) is 6.04 Å². The molecule has 0 aromatic heterocycles. The Balaban J connectivity index is 2.18. The highest BCUT2D eigenvalue weighted by Gasteiger charge is 2.27. The second-order valence-corrected chi connectivity index (χ2v) is 6.73. The Hall–Kier alpha value is -0.0500. The van der Waals surface area contributed by atoms with Crippen molar-refractivity contribution in [1.82, 2.24) is 5.32 Å². The van der Waals surface area contributed by atoms with Gasteiger partial charge in [0.2, 0.25) is 0 Å². The summed E-state index contributed by atoms with van der Waals surface area (Å²) in [7, 11) is 2.06. The SMILES string of the molecule is CNC(c1ccc(Br)c(Cl)c1)C1CCCC(C)C1. The second-order valence-electron chi connectivity index (χ2n) is 5.47. The van der Waals surface area contributed by atoms with Gasteiger partial charge in [-0.05, 0) is 65.4 Å². The van der Waals surface area contributed by atoms with E-state index in [1.54, 1.807) is 0 Å². The van der Waals surface area contributed by atoms with Crippen LogP contribution in [0, 0.1) is 11.8 Å². The van der Waals surface area contributed by atoms with Gasteiger partial charge in [-0.25, -0.2) is 0 Å². The Bertz CT molecular complexity index is 407. The lowest BCUT2D eigenvalue weighted by molar-refractivity contribution is 0.230. The van der Waals surface area contributed by atoms with Crippen LogP contribution in [0.15, 0.2) is 22.7 Å². The van der Waals surface area contributed by atoms with Crippen molar-refractivity contribution in [3.63, 3.8) is 0 Å². The predicted molar refractivity (Wildman–Crippen MR) is 82.1 cm³/mol. The topological polar surface area (TPSA) is 12.0 Å². The fourth-order valence-corrected chi connectivity index (χ4v) is 3.60. The van der Waals surface area contributed by atoms with Crippen LogP contribution in [0.5, 0.6) is 0 Å². The largest absolute Gasteiger partial charge is 0.313 e. The summed E-state index contributed by atoms with van der Waals surface area (Å²) in [6.45, 7) is 2.37. The average Bonchev–Trinajstić information content (AvgIpc) is 2.35. The minimum Gasteiger partial charge on any atom is -0.313 e. The lowest BCUT2D eigenvalue weighted by atomic mass is 9.77. The number of hydrogen-bond acceptors (Lipinski definition) is 1. The summed E-state index contributed by atoms with van der Waals surface area (Å²) in [5.41, 5.74) is 1.31. The zero-order valence-corrected chi connectivity index (χ0v) is 13.4. The maximum absolute atomic E-state index is 6.21. The van der Waals surface area contributed by atoms with E-state index < -0.39 is 0 Å². The number of nitrogens with one attached hydrogen (secondary N) is 1. The van der Waals surface area contributed by atoms with Gasteiger partial charge in [0.1, 0.15) is 0 Å². The molecule has 1 aliphatic rings. The van der Waals surface area contributed by atoms with Crippen molar-refractivity contribution in [1.29, 1.82) is 0 Å². The minimum absolute atomic E-state index is 0.429. The summed E-state index contributed by atoms with van der Waals surface area (Å²) in [6.07, 6.45) is 5.38. The highest BCUT2D eigenvalue weighted by atomic mass is 79.9. The number of hydrogen-bond donors (Lipinski definition) is 1. The standard InChI is InChI=1S/C15H21BrClN/c1-10-4-3-5-11(8-10)15(18-2)12-6-7-13(16)14(17)9-12/h6-7,9-11,15,18H,3-5,8H2,1-2H3. The van der Waals surface area contributed by atoms with Crippen LogP contribution in [0.25, 0.3) is 0 Å². The van der Waals surface area contributed by atoms with Gasteiger partial charge in [-0.2, -0.15) is 0 Å². The van der Waals surface area contributed by atoms with E-state index >= 15 is 0 Å². The van der Waals surface area contributed by atoms with Gasteiger partial charge in [0.15, 0.2) is 0 Å². The van der Waals surface area contributed by atoms with Gasteiger partial charge in [0, 0.05) is 10.5 Å². The smallest absolute Gasteiger partial charge is 0.0551 e. The summed E-state index contributed by atoms with van der Waals surface area (Å²) in [5.74, 6) is 1.58. The van der Waals surface area contributed by atoms with Crippen LogP contribution in [0.3, 0.4) is 0 Å². The van der Waals surface area contributed by atoms with Gasteiger partial charge in [-0.15, -0.1) is 0 Å². The third-order valence-electron chi connectivity index (χ3n) is 4.06. The molecule has 0 radical (unpaired) electrons. The Kier molecular flexibility index (Phi) is 5.11. The van der Waals surface area contributed by atoms with Crippen LogP contribution in [-0.4, -0.2) is 7.05 Å². The van der Waals surface area contributed by atoms with Crippen molar-refractivity contribution in [3.8, 4) is 0 Å². The van der Waals surface area contributed by atoms with Gasteiger partial charge in [0.05, 0.1) is 5.02 Å². The van der Waals surface area contributed by atoms with Crippen molar-refractivity contribution in [2.75, 3.05) is 7.05 Å². The third kappa shape index (κ3) is 3.28. The number of rotatable bonds is 3. The zero-order valence-electron chi connectivity index (χ0n) is 11.0. The van der Waals surface area contributed by atoms with Gasteiger partial charge in [0.25, 0.3) is 0 Å². The fraction of sp³-hybridized carbons (Fsp3) is 0.600. The van der Waals surface area contributed by atoms with Crippen LogP contribution < -0.4 is 5.32 Å². The fourth-order valence-electron chi connectivity index (χ4n) is 3.16. The molecule has 0 amide bonds. The molecule has 0 bridgehead atoms. The van der Waals surface area contributed by atoms with Crippen LogP contribution in [-0.2, 0) is 0 Å². The van der Waals surface area contributed by atoms with Gasteiger partial charge >= 0.3 is 0 Å². The molecule has 0 spiro atoms. The van der Waals surface area contributed by atoms with Crippen molar-refractivity contribution in [2.24, 2.45) is 11.8 Å². The molecule has 1 aliphatic carbocycles. The van der Waals surface area contributed by atoms with Gasteiger partial charge < -0.3 is 5.32 Å². The maximum atomic E-state index is 6.21. The summed E-state index contributed by atoms with van der Waals surface area (Å²) in [4.78, 5) is 0. The first-order valence-electron chi connectivity index (χ1n) is 6.74. The molecule has 1 nitrogen and oxygen atoms in total. The minimum atomic E-state index is 0.429. The Morgan fingerprint density at radius 3 is 2.78 bits per heavy atom. The number of halogens is 2. The van der Waals surface area contributed by atoms with Crippen LogP contribution in [0.4, 0.5) is 0 Å². The van der Waals surface area contributed by atoms with Crippen LogP contribution in [0.1, 0.15) is 44.2 Å². The Morgan fingerprint density at radius 2 is 2.17 bits per heavy atom. The molecular weight excluding hydrogens is 310 g/mol. The molecule has 18 heavy (non-hydrogen) atoms. The van der Waals surface area contributed by atoms with E-state index in [1.165, 1.54) is 31.2 Å². The zero-order chi connectivity index (χ0) is 13.1. The maximum Gasteiger partial charge on any atom is 0.0551 e. The van der Waals surface area contributed by atoms with E-state index in [0.717, 1.165) is 21.3 Å². The van der Waals surface area contributed by atoms with Crippen molar-refractivity contribution in [2.45, 2.75) is 38.6 Å². The van der Waals surface area contributed by atoms with Crippen molar-refractivity contribution >= 4 is 27.5 Å². The first kappa shape index (κ1) is 14.4. The molecule has 0 aliphatic heterocycles. The van der Waals surface area contributed by atoms with E-state index in [-0.39, 0.29) is 0 Å². The van der Waals surface area contributed by atoms with E-state index in [9.17, 15) is 0 Å². The summed E-state index contributed by atoms with van der Waals surface area (Å²) >= 11 is 9.66. The van der Waals surface area contributed by atoms with Crippen molar-refractivity contribution < 1.29 is 0 Å². The lowest BCUT2D eigenvalue weighted by Gasteiger charge is -2.33. The molecule has 1 aromatic rings. The van der Waals surface area contributed by atoms with Crippen molar-refractivity contribution in [3.05, 3.63) is 33.3 Å². The first-order chi connectivity index (χ1) is 8.61. The number of benzene rings is 1. The molecule has 3 atom stereocenters. The average molecular weight is 331 g/mol. The second kappa shape index (κ2) is 6.40. The summed E-state index contributed by atoms with van der Waals surface area (Å²) < 4.78 is 0.972. The molecule has 1 fully saturated rings. The van der Waals surface area contributed by atoms with Crippen LogP contribution >= 0.6 is 27.5 Å². The predicted octanol–water partition coefficient (Wildman–Crippen LogP) is 5.19. The first-order valence-corrected chi connectivity index (χ1v) is 7.91. The summed E-state index contributed by atoms with van der Waals surface area (Å²) in [6, 6.07) is 6.75. The lowest BCUT2D eigenvalue weighted by Crippen LogP contribution is -2.29. The Labute approximate surface area is 123 Å². The molecule has 0 saturated heterocycles. The van der Waals surface area contributed by atoms with E-state index in [1.807, 2.05) is 6.07 Å². The van der Waals surface area contributed by atoms with E-state index in [4.69, 9.17) is 11.6 Å². The van der Waals surface area contributed by atoms with Gasteiger partial charge in [-0.3, -0.25) is 0 Å². The van der Waals surface area contributed by atoms with E-state index in [2.05, 4.69) is 47.4 Å². The molecule has 1 saturated carbocycles. The molecule has 100 valence electrons. The van der Waals surface area contributed by atoms with Crippen LogP contribution in [0.2, 0.25) is 5.02 Å². The Morgan fingerprint density at radius 1 is 1.39 bits per heavy atom. The monoisotopic (exact) mass is 329 g/mol. The molecule has 3 heteroatoms. The molecule has 1 N–H and O–H groups in total. The molecule has 2 rings (SSSR count).